The van der Waals surface area contributed by atoms with Gasteiger partial charge in [-0.25, -0.2) is 8.42 Å². The second-order valence-electron chi connectivity index (χ2n) is 3.10. The number of nitrogens with zero attached hydrogens (tertiary/aromatic N) is 1. The summed E-state index contributed by atoms with van der Waals surface area (Å²) in [5.74, 6) is 0. The molecule has 0 aliphatic rings. The van der Waals surface area contributed by atoms with Crippen molar-refractivity contribution < 1.29 is 8.42 Å². The van der Waals surface area contributed by atoms with E-state index in [1.807, 2.05) is 24.3 Å². The molecule has 6 heteroatoms. The van der Waals surface area contributed by atoms with Crippen LogP contribution >= 0.6 is 27.5 Å². The van der Waals surface area contributed by atoms with Gasteiger partial charge in [-0.2, -0.15) is 4.31 Å². The molecule has 0 amide bonds. The van der Waals surface area contributed by atoms with Gasteiger partial charge in [-0.1, -0.05) is 28.1 Å². The molecule has 0 saturated carbocycles. The first kappa shape index (κ1) is 13.0. The van der Waals surface area contributed by atoms with Gasteiger partial charge in [-0.3, -0.25) is 0 Å². The Kier molecular flexibility index (Phi) is 4.58. The molecule has 0 aromatic heterocycles. The minimum absolute atomic E-state index is 0.336. The van der Waals surface area contributed by atoms with Gasteiger partial charge >= 0.3 is 0 Å². The molecule has 0 aliphatic carbocycles. The van der Waals surface area contributed by atoms with Crippen molar-refractivity contribution in [2.24, 2.45) is 0 Å². The number of sulfonamides is 1. The molecule has 84 valence electrons. The molecule has 15 heavy (non-hydrogen) atoms. The van der Waals surface area contributed by atoms with Crippen molar-refractivity contribution in [1.29, 1.82) is 0 Å². The first-order valence-electron chi connectivity index (χ1n) is 4.20. The summed E-state index contributed by atoms with van der Waals surface area (Å²) in [4.78, 5) is 0. The van der Waals surface area contributed by atoms with Crippen LogP contribution in [0.15, 0.2) is 28.7 Å². The van der Waals surface area contributed by atoms with E-state index in [4.69, 9.17) is 11.6 Å². The third-order valence-electron chi connectivity index (χ3n) is 1.93. The first-order valence-corrected chi connectivity index (χ1v) is 7.14. The van der Waals surface area contributed by atoms with Crippen LogP contribution in [0.25, 0.3) is 0 Å². The van der Waals surface area contributed by atoms with Crippen molar-refractivity contribution in [1.82, 2.24) is 4.31 Å². The van der Waals surface area contributed by atoms with Gasteiger partial charge in [0.15, 0.2) is 0 Å². The summed E-state index contributed by atoms with van der Waals surface area (Å²) in [6.45, 7) is 0.336. The Hall–Kier alpha value is -0.100. The van der Waals surface area contributed by atoms with Crippen LogP contribution in [0.2, 0.25) is 0 Å². The standard InChI is InChI=1S/C9H11BrClNO2S/c1-12(15(13,14)7-11)6-8-2-4-9(10)5-3-8/h2-5H,6-7H2,1H3. The lowest BCUT2D eigenvalue weighted by Crippen LogP contribution is -2.27. The molecule has 0 heterocycles. The molecular weight excluding hydrogens is 302 g/mol. The van der Waals surface area contributed by atoms with Gasteiger partial charge in [0.25, 0.3) is 0 Å². The molecule has 3 nitrogen and oxygen atoms in total. The smallest absolute Gasteiger partial charge is 0.211 e. The van der Waals surface area contributed by atoms with Crippen LogP contribution in [0.5, 0.6) is 0 Å². The van der Waals surface area contributed by atoms with Crippen molar-refractivity contribution in [2.45, 2.75) is 6.54 Å². The summed E-state index contributed by atoms with van der Waals surface area (Å²) in [7, 11) is -1.81. The van der Waals surface area contributed by atoms with E-state index in [2.05, 4.69) is 15.9 Å². The maximum atomic E-state index is 11.4. The van der Waals surface area contributed by atoms with Crippen molar-refractivity contribution in [2.75, 3.05) is 12.3 Å². The Bertz CT molecular complexity index is 418. The van der Waals surface area contributed by atoms with E-state index in [0.29, 0.717) is 6.54 Å². The van der Waals surface area contributed by atoms with E-state index in [1.54, 1.807) is 0 Å². The van der Waals surface area contributed by atoms with Crippen LogP contribution in [-0.4, -0.2) is 25.0 Å². The van der Waals surface area contributed by atoms with E-state index in [9.17, 15) is 8.42 Å². The lowest BCUT2D eigenvalue weighted by atomic mass is 10.2. The highest BCUT2D eigenvalue weighted by atomic mass is 79.9. The Morgan fingerprint density at radius 2 is 1.87 bits per heavy atom. The van der Waals surface area contributed by atoms with E-state index in [-0.39, 0.29) is 5.21 Å². The van der Waals surface area contributed by atoms with Gasteiger partial charge < -0.3 is 0 Å². The number of hydrogen-bond donors (Lipinski definition) is 0. The minimum atomic E-state index is -3.32. The van der Waals surface area contributed by atoms with Crippen LogP contribution in [0, 0.1) is 0 Å². The summed E-state index contributed by atoms with van der Waals surface area (Å²) in [5, 5.41) is -0.389. The van der Waals surface area contributed by atoms with Gasteiger partial charge in [0.1, 0.15) is 5.21 Å². The number of halogens is 2. The summed E-state index contributed by atoms with van der Waals surface area (Å²) in [5.41, 5.74) is 0.925. The van der Waals surface area contributed by atoms with Crippen LogP contribution in [-0.2, 0) is 16.6 Å². The number of rotatable bonds is 4. The van der Waals surface area contributed by atoms with Crippen LogP contribution in [0.1, 0.15) is 5.56 Å². The molecule has 0 fully saturated rings. The fourth-order valence-corrected chi connectivity index (χ4v) is 2.31. The Balaban J connectivity index is 2.75. The monoisotopic (exact) mass is 311 g/mol. The van der Waals surface area contributed by atoms with Crippen molar-refractivity contribution in [3.8, 4) is 0 Å². The molecule has 0 bridgehead atoms. The Labute approximate surface area is 103 Å². The second kappa shape index (κ2) is 5.30. The fraction of sp³-hybridized carbons (Fsp3) is 0.333. The maximum absolute atomic E-state index is 11.4. The fourth-order valence-electron chi connectivity index (χ4n) is 1.03. The van der Waals surface area contributed by atoms with Crippen molar-refractivity contribution in [3.63, 3.8) is 0 Å². The number of benzene rings is 1. The number of hydrogen-bond acceptors (Lipinski definition) is 2. The summed E-state index contributed by atoms with van der Waals surface area (Å²) in [6, 6.07) is 7.47. The minimum Gasteiger partial charge on any atom is -0.211 e. The third-order valence-corrected chi connectivity index (χ3v) is 4.64. The first-order chi connectivity index (χ1) is 6.95. The van der Waals surface area contributed by atoms with Gasteiger partial charge in [-0.15, -0.1) is 11.6 Å². The summed E-state index contributed by atoms with van der Waals surface area (Å²) >= 11 is 8.65. The SMILES string of the molecule is CN(Cc1ccc(Br)cc1)S(=O)(=O)CCl. The molecule has 1 aromatic rings. The molecule has 0 saturated heterocycles. The van der Waals surface area contributed by atoms with Crippen LogP contribution in [0.4, 0.5) is 0 Å². The van der Waals surface area contributed by atoms with Crippen molar-refractivity contribution >= 4 is 37.6 Å². The highest BCUT2D eigenvalue weighted by molar-refractivity contribution is 9.10. The Morgan fingerprint density at radius 1 is 1.33 bits per heavy atom. The van der Waals surface area contributed by atoms with E-state index in [0.717, 1.165) is 10.0 Å². The molecular formula is C9H11BrClNO2S. The zero-order valence-corrected chi connectivity index (χ0v) is 11.3. The van der Waals surface area contributed by atoms with Crippen LogP contribution in [0.3, 0.4) is 0 Å². The zero-order chi connectivity index (χ0) is 11.5. The number of alkyl halides is 1. The Morgan fingerprint density at radius 3 is 2.33 bits per heavy atom. The van der Waals surface area contributed by atoms with E-state index >= 15 is 0 Å². The molecule has 0 N–H and O–H groups in total. The maximum Gasteiger partial charge on any atom is 0.228 e. The van der Waals surface area contributed by atoms with Gasteiger partial charge in [0.2, 0.25) is 10.0 Å². The molecule has 0 radical (unpaired) electrons. The zero-order valence-electron chi connectivity index (χ0n) is 8.15. The lowest BCUT2D eigenvalue weighted by molar-refractivity contribution is 0.471. The summed E-state index contributed by atoms with van der Waals surface area (Å²) in [6.07, 6.45) is 0. The van der Waals surface area contributed by atoms with E-state index in [1.165, 1.54) is 11.4 Å². The molecule has 0 spiro atoms. The van der Waals surface area contributed by atoms with Gasteiger partial charge in [0.05, 0.1) is 0 Å². The molecule has 1 rings (SSSR count). The van der Waals surface area contributed by atoms with E-state index < -0.39 is 10.0 Å². The molecule has 0 unspecified atom stereocenters. The normalized spacial score (nSPS) is 12.0. The van der Waals surface area contributed by atoms with Gasteiger partial charge in [0, 0.05) is 18.1 Å². The predicted molar refractivity (Wildman–Crippen MR) is 65.2 cm³/mol. The highest BCUT2D eigenvalue weighted by Gasteiger charge is 2.15. The van der Waals surface area contributed by atoms with Crippen LogP contribution < -0.4 is 0 Å². The van der Waals surface area contributed by atoms with Gasteiger partial charge in [-0.05, 0) is 17.7 Å². The topological polar surface area (TPSA) is 37.4 Å². The molecule has 0 aliphatic heterocycles. The average molecular weight is 313 g/mol. The quantitative estimate of drug-likeness (QED) is 0.801. The third kappa shape index (κ3) is 3.75. The predicted octanol–water partition coefficient (Wildman–Crippen LogP) is 2.41. The molecule has 0 atom stereocenters. The highest BCUT2D eigenvalue weighted by Crippen LogP contribution is 2.13. The second-order valence-corrected chi connectivity index (χ2v) is 6.68. The largest absolute Gasteiger partial charge is 0.228 e. The summed E-state index contributed by atoms with van der Waals surface area (Å²) < 4.78 is 24.9. The average Bonchev–Trinajstić information content (AvgIpc) is 2.21. The van der Waals surface area contributed by atoms with Crippen molar-refractivity contribution in [3.05, 3.63) is 34.3 Å². The molecule has 1 aromatic carbocycles. The lowest BCUT2D eigenvalue weighted by Gasteiger charge is -2.15.